The number of hydrogen-bond acceptors (Lipinski definition) is 5. The average Bonchev–Trinajstić information content (AvgIpc) is 3.51. The largest absolute Gasteiger partial charge is 0.394 e. The van der Waals surface area contributed by atoms with Crippen LogP contribution < -0.4 is 5.32 Å². The number of rotatable bonds is 6. The normalized spacial score (nSPS) is 21.8. The molecule has 2 aromatic carbocycles. The number of carbonyl (C=O) groups excluding carboxylic acids is 2. The van der Waals surface area contributed by atoms with Crippen LogP contribution in [-0.4, -0.2) is 65.5 Å². The van der Waals surface area contributed by atoms with Crippen molar-refractivity contribution >= 4 is 23.4 Å². The van der Waals surface area contributed by atoms with Crippen LogP contribution >= 0.6 is 11.6 Å². The third kappa shape index (κ3) is 4.83. The van der Waals surface area contributed by atoms with Gasteiger partial charge in [-0.15, -0.1) is 0 Å². The summed E-state index contributed by atoms with van der Waals surface area (Å²) in [7, 11) is 0. The molecule has 2 N–H and O–H groups in total. The fourth-order valence-electron chi connectivity index (χ4n) is 5.70. The monoisotopic (exact) mass is 497 g/mol. The fraction of sp³-hybridized carbons (Fsp3) is 0.481. The van der Waals surface area contributed by atoms with Crippen LogP contribution in [0.1, 0.15) is 48.4 Å². The van der Waals surface area contributed by atoms with E-state index in [2.05, 4.69) is 17.4 Å². The number of benzene rings is 2. The van der Waals surface area contributed by atoms with Crippen LogP contribution in [0.3, 0.4) is 0 Å². The van der Waals surface area contributed by atoms with E-state index in [1.165, 1.54) is 11.1 Å². The summed E-state index contributed by atoms with van der Waals surface area (Å²) in [5.74, 6) is -0.150. The third-order valence-corrected chi connectivity index (χ3v) is 7.97. The van der Waals surface area contributed by atoms with E-state index in [1.807, 2.05) is 29.2 Å². The fourth-order valence-corrected chi connectivity index (χ4v) is 5.83. The lowest BCUT2D eigenvalue weighted by Gasteiger charge is -2.39. The molecule has 1 spiro atoms. The minimum atomic E-state index is -0.676. The predicted molar refractivity (Wildman–Crippen MR) is 133 cm³/mol. The van der Waals surface area contributed by atoms with E-state index < -0.39 is 6.04 Å². The zero-order valence-corrected chi connectivity index (χ0v) is 20.5. The summed E-state index contributed by atoms with van der Waals surface area (Å²) in [4.78, 5) is 30.2. The summed E-state index contributed by atoms with van der Waals surface area (Å²) in [5, 5.41) is 13.5. The summed E-state index contributed by atoms with van der Waals surface area (Å²) in [5.41, 5.74) is 2.95. The summed E-state index contributed by atoms with van der Waals surface area (Å²) in [6.45, 7) is 2.47. The number of fused-ring (bicyclic) bond motifs is 2. The molecule has 2 atom stereocenters. The van der Waals surface area contributed by atoms with E-state index in [1.54, 1.807) is 17.0 Å². The smallest absolute Gasteiger partial charge is 0.244 e. The number of hydrogen-bond donors (Lipinski definition) is 2. The number of aliphatic hydroxyl groups is 1. The van der Waals surface area contributed by atoms with Crippen LogP contribution in [0.25, 0.3) is 0 Å². The van der Waals surface area contributed by atoms with Crippen molar-refractivity contribution in [3.05, 3.63) is 70.2 Å². The molecule has 2 amide bonds. The molecule has 2 aromatic rings. The molecule has 0 aromatic heterocycles. The Morgan fingerprint density at radius 3 is 2.60 bits per heavy atom. The van der Waals surface area contributed by atoms with Gasteiger partial charge in [0, 0.05) is 24.7 Å². The number of halogens is 1. The number of ether oxygens (including phenoxy) is 1. The quantitative estimate of drug-likeness (QED) is 0.641. The van der Waals surface area contributed by atoms with Gasteiger partial charge in [-0.3, -0.25) is 14.9 Å². The Labute approximate surface area is 211 Å². The van der Waals surface area contributed by atoms with Crippen molar-refractivity contribution in [3.8, 4) is 0 Å². The molecule has 3 aliphatic rings. The highest BCUT2D eigenvalue weighted by molar-refractivity contribution is 6.30. The van der Waals surface area contributed by atoms with Gasteiger partial charge in [0.05, 0.1) is 31.4 Å². The van der Waals surface area contributed by atoms with E-state index >= 15 is 0 Å². The molecule has 7 nitrogen and oxygen atoms in total. The van der Waals surface area contributed by atoms with Crippen molar-refractivity contribution in [1.29, 1.82) is 0 Å². The Morgan fingerprint density at radius 1 is 1.11 bits per heavy atom. The highest BCUT2D eigenvalue weighted by Crippen LogP contribution is 2.44. The van der Waals surface area contributed by atoms with E-state index in [0.717, 1.165) is 31.2 Å². The molecule has 35 heavy (non-hydrogen) atoms. The Bertz CT molecular complexity index is 1070. The van der Waals surface area contributed by atoms with E-state index in [-0.39, 0.29) is 36.6 Å². The molecule has 3 heterocycles. The van der Waals surface area contributed by atoms with Gasteiger partial charge in [0.2, 0.25) is 11.8 Å². The van der Waals surface area contributed by atoms with Crippen LogP contribution in [0, 0.1) is 0 Å². The topological polar surface area (TPSA) is 82.1 Å². The van der Waals surface area contributed by atoms with Crippen LogP contribution in [0.5, 0.6) is 0 Å². The maximum Gasteiger partial charge on any atom is 0.244 e. The van der Waals surface area contributed by atoms with Gasteiger partial charge in [-0.05, 0) is 54.5 Å². The minimum absolute atomic E-state index is 0.0296. The third-order valence-electron chi connectivity index (χ3n) is 7.71. The first kappa shape index (κ1) is 24.3. The standard InChI is InChI=1S/C27H32ClN3O4/c28-21-9-7-19(8-10-21)25(26(34)31-13-3-5-22(31)17-32)29-16-24(33)30-14-11-27(12-15-30)23-6-2-1-4-20(23)18-35-27/h1-2,4,6-10,22,25,29,32H,3,5,11-18H2/t22-,25-/m1/s1. The zero-order chi connectivity index (χ0) is 24.4. The second kappa shape index (κ2) is 10.3. The number of aliphatic hydroxyl groups excluding tert-OH is 1. The number of nitrogens with one attached hydrogen (secondary N) is 1. The molecular weight excluding hydrogens is 466 g/mol. The molecule has 0 saturated carbocycles. The van der Waals surface area contributed by atoms with Gasteiger partial charge in [-0.1, -0.05) is 48.0 Å². The van der Waals surface area contributed by atoms with Gasteiger partial charge in [0.15, 0.2) is 0 Å². The number of nitrogens with zero attached hydrogens (tertiary/aromatic N) is 2. The first-order valence-electron chi connectivity index (χ1n) is 12.4. The summed E-state index contributed by atoms with van der Waals surface area (Å²) in [6, 6.07) is 14.6. The maximum absolute atomic E-state index is 13.5. The lowest BCUT2D eigenvalue weighted by atomic mass is 9.84. The Balaban J connectivity index is 1.24. The molecule has 2 saturated heterocycles. The summed E-state index contributed by atoms with van der Waals surface area (Å²) < 4.78 is 6.22. The Hall–Kier alpha value is -2.45. The van der Waals surface area contributed by atoms with Crippen LogP contribution in [0.4, 0.5) is 0 Å². The van der Waals surface area contributed by atoms with Gasteiger partial charge in [0.1, 0.15) is 6.04 Å². The molecule has 186 valence electrons. The van der Waals surface area contributed by atoms with Crippen molar-refractivity contribution in [2.45, 2.75) is 50.0 Å². The molecular formula is C27H32ClN3O4. The van der Waals surface area contributed by atoms with Gasteiger partial charge in [-0.2, -0.15) is 0 Å². The van der Waals surface area contributed by atoms with Gasteiger partial charge in [-0.25, -0.2) is 0 Å². The first-order chi connectivity index (χ1) is 17.0. The molecule has 0 unspecified atom stereocenters. The number of amides is 2. The van der Waals surface area contributed by atoms with Crippen LogP contribution in [-0.2, 0) is 26.5 Å². The number of likely N-dealkylation sites (tertiary alicyclic amines) is 2. The molecule has 5 rings (SSSR count). The highest BCUT2D eigenvalue weighted by atomic mass is 35.5. The maximum atomic E-state index is 13.5. The summed E-state index contributed by atoms with van der Waals surface area (Å²) in [6.07, 6.45) is 3.18. The van der Waals surface area contributed by atoms with Crippen LogP contribution in [0.15, 0.2) is 48.5 Å². The second-order valence-electron chi connectivity index (χ2n) is 9.70. The van der Waals surface area contributed by atoms with Crippen molar-refractivity contribution < 1.29 is 19.4 Å². The van der Waals surface area contributed by atoms with Crippen LogP contribution in [0.2, 0.25) is 5.02 Å². The first-order valence-corrected chi connectivity index (χ1v) is 12.8. The SMILES string of the molecule is O=C(CN[C@@H](C(=O)N1CCC[C@@H]1CO)c1ccc(Cl)cc1)N1CCC2(CC1)OCc1ccccc12. The minimum Gasteiger partial charge on any atom is -0.394 e. The van der Waals surface area contributed by atoms with Gasteiger partial charge in [0.25, 0.3) is 0 Å². The van der Waals surface area contributed by atoms with Crippen molar-refractivity contribution in [2.24, 2.45) is 0 Å². The molecule has 0 bridgehead atoms. The lowest BCUT2D eigenvalue weighted by Crippen LogP contribution is -2.50. The zero-order valence-electron chi connectivity index (χ0n) is 19.8. The van der Waals surface area contributed by atoms with E-state index in [4.69, 9.17) is 16.3 Å². The molecule has 3 aliphatic heterocycles. The van der Waals surface area contributed by atoms with Crippen molar-refractivity contribution in [1.82, 2.24) is 15.1 Å². The number of carbonyl (C=O) groups is 2. The number of piperidine rings is 1. The second-order valence-corrected chi connectivity index (χ2v) is 10.1. The molecule has 0 radical (unpaired) electrons. The Kier molecular flexibility index (Phi) is 7.12. The van der Waals surface area contributed by atoms with E-state index in [9.17, 15) is 14.7 Å². The molecule has 8 heteroatoms. The van der Waals surface area contributed by atoms with E-state index in [0.29, 0.717) is 31.3 Å². The average molecular weight is 498 g/mol. The van der Waals surface area contributed by atoms with Crippen molar-refractivity contribution in [2.75, 3.05) is 32.8 Å². The molecule has 0 aliphatic carbocycles. The summed E-state index contributed by atoms with van der Waals surface area (Å²) >= 11 is 6.06. The Morgan fingerprint density at radius 2 is 1.86 bits per heavy atom. The van der Waals surface area contributed by atoms with Gasteiger partial charge >= 0.3 is 0 Å². The predicted octanol–water partition coefficient (Wildman–Crippen LogP) is 3.00. The van der Waals surface area contributed by atoms with Crippen molar-refractivity contribution in [3.63, 3.8) is 0 Å². The lowest BCUT2D eigenvalue weighted by molar-refractivity contribution is -0.138. The van der Waals surface area contributed by atoms with Gasteiger partial charge < -0.3 is 19.6 Å². The molecule has 2 fully saturated rings. The highest BCUT2D eigenvalue weighted by Gasteiger charge is 2.43.